The number of alkyl halides is 2. The Kier molecular flexibility index (Phi) is 4.65. The van der Waals surface area contributed by atoms with Crippen LogP contribution >= 0.6 is 0 Å². The highest BCUT2D eigenvalue weighted by atomic mass is 19.3. The Balaban J connectivity index is 2.52. The average molecular weight is 281 g/mol. The van der Waals surface area contributed by atoms with E-state index in [4.69, 9.17) is 9.47 Å². The maximum atomic E-state index is 12.9. The molecule has 0 aliphatic carbocycles. The number of methoxy groups -OCH3 is 2. The normalized spacial score (nSPS) is 11.3. The van der Waals surface area contributed by atoms with Crippen LogP contribution in [0.15, 0.2) is 30.6 Å². The van der Waals surface area contributed by atoms with Gasteiger partial charge in [-0.05, 0) is 18.2 Å². The van der Waals surface area contributed by atoms with Crippen molar-refractivity contribution in [3.63, 3.8) is 0 Å². The van der Waals surface area contributed by atoms with Crippen molar-refractivity contribution >= 4 is 0 Å². The van der Waals surface area contributed by atoms with Gasteiger partial charge in [-0.25, -0.2) is 18.7 Å². The second-order valence-corrected chi connectivity index (χ2v) is 3.89. The predicted octanol–water partition coefficient (Wildman–Crippen LogP) is 2.77. The number of aromatic nitrogens is 3. The van der Waals surface area contributed by atoms with E-state index in [1.807, 2.05) is 0 Å². The van der Waals surface area contributed by atoms with E-state index >= 15 is 0 Å². The van der Waals surface area contributed by atoms with Crippen LogP contribution in [-0.2, 0) is 9.47 Å². The zero-order valence-corrected chi connectivity index (χ0v) is 11.0. The zero-order valence-electron chi connectivity index (χ0n) is 11.0. The third-order valence-electron chi connectivity index (χ3n) is 2.58. The molecule has 2 aromatic heterocycles. The van der Waals surface area contributed by atoms with Crippen LogP contribution in [0.4, 0.5) is 8.78 Å². The van der Waals surface area contributed by atoms with Crippen LogP contribution in [0.1, 0.15) is 24.1 Å². The summed E-state index contributed by atoms with van der Waals surface area (Å²) in [5, 5.41) is 0. The molecular formula is C13H13F2N3O2. The molecule has 0 bridgehead atoms. The molecule has 0 saturated heterocycles. The summed E-state index contributed by atoms with van der Waals surface area (Å²) in [7, 11) is 2.81. The van der Waals surface area contributed by atoms with Crippen LogP contribution in [-0.4, -0.2) is 29.2 Å². The molecule has 5 nitrogen and oxygen atoms in total. The van der Waals surface area contributed by atoms with Crippen LogP contribution in [0.5, 0.6) is 0 Å². The fraction of sp³-hybridized carbons (Fsp3) is 0.308. The highest BCUT2D eigenvalue weighted by molar-refractivity contribution is 5.53. The molecular weight excluding hydrogens is 268 g/mol. The molecule has 0 spiro atoms. The summed E-state index contributed by atoms with van der Waals surface area (Å²) < 4.78 is 35.9. The highest BCUT2D eigenvalue weighted by Crippen LogP contribution is 2.25. The molecule has 20 heavy (non-hydrogen) atoms. The first-order valence-corrected chi connectivity index (χ1v) is 5.78. The molecule has 0 N–H and O–H groups in total. The van der Waals surface area contributed by atoms with Gasteiger partial charge in [-0.3, -0.25) is 4.98 Å². The number of hydrogen-bond acceptors (Lipinski definition) is 5. The molecule has 0 unspecified atom stereocenters. The lowest BCUT2D eigenvalue weighted by molar-refractivity contribution is -0.108. The highest BCUT2D eigenvalue weighted by Gasteiger charge is 2.19. The van der Waals surface area contributed by atoms with Gasteiger partial charge in [-0.15, -0.1) is 0 Å². The molecule has 106 valence electrons. The summed E-state index contributed by atoms with van der Waals surface area (Å²) in [6.45, 7) is 0. The van der Waals surface area contributed by atoms with Crippen LogP contribution in [0.3, 0.4) is 0 Å². The van der Waals surface area contributed by atoms with E-state index < -0.39 is 12.7 Å². The van der Waals surface area contributed by atoms with Gasteiger partial charge in [-0.2, -0.15) is 0 Å². The molecule has 0 aromatic carbocycles. The Labute approximate surface area is 114 Å². The number of nitrogens with zero attached hydrogens (tertiary/aromatic N) is 3. The molecule has 0 amide bonds. The van der Waals surface area contributed by atoms with Crippen molar-refractivity contribution in [2.75, 3.05) is 14.2 Å². The van der Waals surface area contributed by atoms with Crippen molar-refractivity contribution in [2.45, 2.75) is 12.7 Å². The summed E-state index contributed by atoms with van der Waals surface area (Å²) >= 11 is 0. The number of ether oxygens (including phenoxy) is 2. The van der Waals surface area contributed by atoms with Gasteiger partial charge in [0.15, 0.2) is 5.82 Å². The topological polar surface area (TPSA) is 57.1 Å². The molecule has 0 aliphatic heterocycles. The summed E-state index contributed by atoms with van der Waals surface area (Å²) in [5.74, 6) is 0.157. The second-order valence-electron chi connectivity index (χ2n) is 3.89. The molecule has 0 radical (unpaired) electrons. The molecule has 0 aliphatic rings. The Hall–Kier alpha value is -1.99. The van der Waals surface area contributed by atoms with Crippen LogP contribution < -0.4 is 0 Å². The largest absolute Gasteiger partial charge is 0.350 e. The van der Waals surface area contributed by atoms with Gasteiger partial charge in [0.2, 0.25) is 6.29 Å². The van der Waals surface area contributed by atoms with Gasteiger partial charge in [0.1, 0.15) is 11.4 Å². The third kappa shape index (κ3) is 3.12. The van der Waals surface area contributed by atoms with E-state index in [-0.39, 0.29) is 17.2 Å². The van der Waals surface area contributed by atoms with E-state index in [2.05, 4.69) is 15.0 Å². The lowest BCUT2D eigenvalue weighted by atomic mass is 10.2. The minimum absolute atomic E-state index is 0.157. The molecule has 2 aromatic rings. The summed E-state index contributed by atoms with van der Waals surface area (Å²) in [5.41, 5.74) is 0.398. The first kappa shape index (κ1) is 14.4. The number of hydrogen-bond donors (Lipinski definition) is 0. The first-order valence-electron chi connectivity index (χ1n) is 5.78. The fourth-order valence-corrected chi connectivity index (χ4v) is 1.68. The van der Waals surface area contributed by atoms with Gasteiger partial charge in [0.25, 0.3) is 6.43 Å². The maximum Gasteiger partial charge on any atom is 0.280 e. The van der Waals surface area contributed by atoms with E-state index in [0.29, 0.717) is 5.56 Å². The molecule has 2 rings (SSSR count). The average Bonchev–Trinajstić information content (AvgIpc) is 2.49. The van der Waals surface area contributed by atoms with Gasteiger partial charge in [0.05, 0.1) is 0 Å². The van der Waals surface area contributed by atoms with Gasteiger partial charge >= 0.3 is 0 Å². The Morgan fingerprint density at radius 3 is 2.35 bits per heavy atom. The molecule has 0 saturated carbocycles. The molecule has 0 atom stereocenters. The summed E-state index contributed by atoms with van der Waals surface area (Å²) in [6.07, 6.45) is -0.454. The van der Waals surface area contributed by atoms with Crippen molar-refractivity contribution in [1.82, 2.24) is 15.0 Å². The van der Waals surface area contributed by atoms with Crippen LogP contribution in [0, 0.1) is 0 Å². The lowest BCUT2D eigenvalue weighted by Gasteiger charge is -2.14. The Morgan fingerprint density at radius 1 is 1.10 bits per heavy atom. The van der Waals surface area contributed by atoms with Crippen LogP contribution in [0.25, 0.3) is 11.4 Å². The standard InChI is InChI=1S/C13H13F2N3O2/c1-19-13(20-2)10-6-9(11(14)15)17-12(18-10)8-4-3-5-16-7-8/h3-7,11,13H,1-2H3. The second kappa shape index (κ2) is 6.44. The van der Waals surface area contributed by atoms with Gasteiger partial charge < -0.3 is 9.47 Å². The SMILES string of the molecule is COC(OC)c1cc(C(F)F)nc(-c2cccnc2)n1. The Bertz CT molecular complexity index is 563. The zero-order chi connectivity index (χ0) is 14.5. The van der Waals surface area contributed by atoms with E-state index in [9.17, 15) is 8.78 Å². The lowest BCUT2D eigenvalue weighted by Crippen LogP contribution is -2.09. The van der Waals surface area contributed by atoms with Gasteiger partial charge in [-0.1, -0.05) is 0 Å². The van der Waals surface area contributed by atoms with Crippen molar-refractivity contribution in [3.05, 3.63) is 42.0 Å². The van der Waals surface area contributed by atoms with Gasteiger partial charge in [0, 0.05) is 32.2 Å². The maximum absolute atomic E-state index is 12.9. The number of halogens is 2. The fourth-order valence-electron chi connectivity index (χ4n) is 1.68. The molecule has 2 heterocycles. The van der Waals surface area contributed by atoms with E-state index in [1.165, 1.54) is 26.5 Å². The third-order valence-corrected chi connectivity index (χ3v) is 2.58. The minimum atomic E-state index is -2.71. The summed E-state index contributed by atoms with van der Waals surface area (Å²) in [4.78, 5) is 12.0. The Morgan fingerprint density at radius 2 is 1.80 bits per heavy atom. The first-order chi connectivity index (χ1) is 9.65. The van der Waals surface area contributed by atoms with Crippen molar-refractivity contribution in [1.29, 1.82) is 0 Å². The monoisotopic (exact) mass is 281 g/mol. The smallest absolute Gasteiger partial charge is 0.280 e. The van der Waals surface area contributed by atoms with Crippen molar-refractivity contribution in [2.24, 2.45) is 0 Å². The van der Waals surface area contributed by atoms with Crippen molar-refractivity contribution in [3.8, 4) is 11.4 Å². The quantitative estimate of drug-likeness (QED) is 0.789. The van der Waals surface area contributed by atoms with Crippen LogP contribution in [0.2, 0.25) is 0 Å². The predicted molar refractivity (Wildman–Crippen MR) is 67.0 cm³/mol. The molecule has 0 fully saturated rings. The molecule has 7 heteroatoms. The summed E-state index contributed by atoms with van der Waals surface area (Å²) in [6, 6.07) is 4.54. The van der Waals surface area contributed by atoms with E-state index in [1.54, 1.807) is 18.3 Å². The van der Waals surface area contributed by atoms with Crippen molar-refractivity contribution < 1.29 is 18.3 Å². The number of pyridine rings is 1. The number of rotatable bonds is 5. The van der Waals surface area contributed by atoms with E-state index in [0.717, 1.165) is 0 Å². The minimum Gasteiger partial charge on any atom is -0.350 e.